The lowest BCUT2D eigenvalue weighted by atomic mass is 10.0. The van der Waals surface area contributed by atoms with Crippen LogP contribution in [0.1, 0.15) is 130 Å². The minimum Gasteiger partial charge on any atom is -0.478 e. The summed E-state index contributed by atoms with van der Waals surface area (Å²) in [4.78, 5) is 23.2. The number of aromatic carboxylic acids is 1. The van der Waals surface area contributed by atoms with E-state index in [4.69, 9.17) is 9.84 Å². The number of carbonyl (C=O) groups is 2. The van der Waals surface area contributed by atoms with E-state index in [1.165, 1.54) is 102 Å². The molecule has 0 unspecified atom stereocenters. The number of benzene rings is 1. The summed E-state index contributed by atoms with van der Waals surface area (Å²) < 4.78 is 5.24. The molecule has 0 amide bonds. The second kappa shape index (κ2) is 18.0. The van der Waals surface area contributed by atoms with Gasteiger partial charge < -0.3 is 9.84 Å². The molecule has 0 spiro atoms. The molecule has 0 aliphatic carbocycles. The number of hydrogen-bond acceptors (Lipinski definition) is 3. The van der Waals surface area contributed by atoms with Crippen molar-refractivity contribution in [3.05, 3.63) is 35.4 Å². The summed E-state index contributed by atoms with van der Waals surface area (Å²) in [7, 11) is 0. The van der Waals surface area contributed by atoms with Gasteiger partial charge in [0.05, 0.1) is 17.7 Å². The molecule has 170 valence electrons. The molecule has 0 aromatic heterocycles. The molecule has 0 atom stereocenters. The highest BCUT2D eigenvalue weighted by Gasteiger charge is 2.16. The van der Waals surface area contributed by atoms with Crippen LogP contribution in [0.25, 0.3) is 0 Å². The molecule has 0 bridgehead atoms. The van der Waals surface area contributed by atoms with E-state index in [2.05, 4.69) is 6.92 Å². The van der Waals surface area contributed by atoms with Crippen LogP contribution in [0.2, 0.25) is 0 Å². The molecular formula is C26H42O4. The first-order valence-electron chi connectivity index (χ1n) is 12.2. The maximum atomic E-state index is 12.0. The van der Waals surface area contributed by atoms with Gasteiger partial charge in [0, 0.05) is 0 Å². The predicted molar refractivity (Wildman–Crippen MR) is 123 cm³/mol. The Hall–Kier alpha value is -1.84. The van der Waals surface area contributed by atoms with Crippen molar-refractivity contribution in [3.8, 4) is 0 Å². The average molecular weight is 419 g/mol. The van der Waals surface area contributed by atoms with Crippen molar-refractivity contribution in [2.24, 2.45) is 0 Å². The molecule has 0 saturated heterocycles. The number of rotatable bonds is 19. The van der Waals surface area contributed by atoms with Crippen molar-refractivity contribution >= 4 is 11.9 Å². The third kappa shape index (κ3) is 12.7. The van der Waals surface area contributed by atoms with Crippen LogP contribution < -0.4 is 0 Å². The van der Waals surface area contributed by atoms with Gasteiger partial charge in [-0.1, -0.05) is 115 Å². The van der Waals surface area contributed by atoms with Gasteiger partial charge in [0.1, 0.15) is 0 Å². The lowest BCUT2D eigenvalue weighted by Gasteiger charge is -2.07. The van der Waals surface area contributed by atoms with Crippen molar-refractivity contribution < 1.29 is 19.4 Å². The molecule has 0 aliphatic heterocycles. The zero-order valence-electron chi connectivity index (χ0n) is 19.0. The van der Waals surface area contributed by atoms with Crippen LogP contribution in [0.5, 0.6) is 0 Å². The molecule has 1 N–H and O–H groups in total. The summed E-state index contributed by atoms with van der Waals surface area (Å²) in [6.45, 7) is 2.62. The number of ether oxygens (including phenoxy) is 1. The number of carbonyl (C=O) groups excluding carboxylic acids is 1. The van der Waals surface area contributed by atoms with E-state index in [1.54, 1.807) is 12.1 Å². The molecule has 1 aromatic rings. The lowest BCUT2D eigenvalue weighted by molar-refractivity contribution is 0.0487. The molecule has 0 saturated carbocycles. The van der Waals surface area contributed by atoms with Crippen molar-refractivity contribution in [2.75, 3.05) is 6.61 Å². The van der Waals surface area contributed by atoms with E-state index in [1.807, 2.05) is 0 Å². The van der Waals surface area contributed by atoms with Gasteiger partial charge in [-0.2, -0.15) is 0 Å². The quantitative estimate of drug-likeness (QED) is 0.184. The highest BCUT2D eigenvalue weighted by molar-refractivity contribution is 6.02. The van der Waals surface area contributed by atoms with Crippen LogP contribution in [0.4, 0.5) is 0 Å². The fourth-order valence-electron chi connectivity index (χ4n) is 3.74. The Balaban J connectivity index is 1.89. The molecule has 0 fully saturated rings. The Morgan fingerprint density at radius 2 is 1.07 bits per heavy atom. The van der Waals surface area contributed by atoms with Crippen molar-refractivity contribution in [1.29, 1.82) is 0 Å². The minimum absolute atomic E-state index is 0.00512. The van der Waals surface area contributed by atoms with Crippen LogP contribution in [0.15, 0.2) is 24.3 Å². The van der Waals surface area contributed by atoms with E-state index < -0.39 is 11.9 Å². The highest BCUT2D eigenvalue weighted by Crippen LogP contribution is 2.14. The Labute approximate surface area is 183 Å². The lowest BCUT2D eigenvalue weighted by Crippen LogP contribution is -2.12. The maximum absolute atomic E-state index is 12.0. The van der Waals surface area contributed by atoms with Crippen molar-refractivity contribution in [2.45, 2.75) is 110 Å². The standard InChI is InChI=1S/C26H42O4/c1-2-3-4-5-6-7-8-9-10-11-12-13-14-15-16-19-22-30-26(29)24-21-18-17-20-23(24)25(27)28/h17-18,20-21H,2-16,19,22H2,1H3,(H,27,28). The number of hydrogen-bond donors (Lipinski definition) is 1. The largest absolute Gasteiger partial charge is 0.478 e. The first-order chi connectivity index (χ1) is 14.7. The van der Waals surface area contributed by atoms with Crippen LogP contribution >= 0.6 is 0 Å². The van der Waals surface area contributed by atoms with Gasteiger partial charge in [-0.15, -0.1) is 0 Å². The predicted octanol–water partition coefficient (Wildman–Crippen LogP) is 7.80. The summed E-state index contributed by atoms with van der Waals surface area (Å²) in [6.07, 6.45) is 20.8. The molecule has 1 rings (SSSR count). The van der Waals surface area contributed by atoms with E-state index >= 15 is 0 Å². The third-order valence-corrected chi connectivity index (χ3v) is 5.61. The summed E-state index contributed by atoms with van der Waals surface area (Å²) >= 11 is 0. The van der Waals surface area contributed by atoms with Crippen LogP contribution in [0, 0.1) is 0 Å². The summed E-state index contributed by atoms with van der Waals surface area (Å²) in [6, 6.07) is 6.18. The topological polar surface area (TPSA) is 63.6 Å². The zero-order chi connectivity index (χ0) is 21.9. The van der Waals surface area contributed by atoms with Gasteiger partial charge in [-0.25, -0.2) is 9.59 Å². The first-order valence-corrected chi connectivity index (χ1v) is 12.2. The summed E-state index contributed by atoms with van der Waals surface area (Å²) in [5, 5.41) is 9.13. The van der Waals surface area contributed by atoms with Crippen LogP contribution in [-0.2, 0) is 4.74 Å². The minimum atomic E-state index is -1.11. The third-order valence-electron chi connectivity index (χ3n) is 5.61. The molecule has 0 radical (unpaired) electrons. The number of carboxylic acids is 1. The Morgan fingerprint density at radius 1 is 0.667 bits per heavy atom. The number of carboxylic acid groups (broad SMARTS) is 1. The van der Waals surface area contributed by atoms with Crippen molar-refractivity contribution in [1.82, 2.24) is 0 Å². The molecule has 30 heavy (non-hydrogen) atoms. The highest BCUT2D eigenvalue weighted by atomic mass is 16.5. The average Bonchev–Trinajstić information content (AvgIpc) is 2.75. The normalized spacial score (nSPS) is 10.8. The fraction of sp³-hybridized carbons (Fsp3) is 0.692. The zero-order valence-corrected chi connectivity index (χ0v) is 19.0. The fourth-order valence-corrected chi connectivity index (χ4v) is 3.74. The van der Waals surface area contributed by atoms with Gasteiger partial charge in [0.15, 0.2) is 0 Å². The van der Waals surface area contributed by atoms with E-state index in [0.29, 0.717) is 6.61 Å². The Kier molecular flexibility index (Phi) is 15.7. The molecule has 4 nitrogen and oxygen atoms in total. The van der Waals surface area contributed by atoms with Gasteiger partial charge in [-0.3, -0.25) is 0 Å². The monoisotopic (exact) mass is 418 g/mol. The van der Waals surface area contributed by atoms with Gasteiger partial charge in [0.25, 0.3) is 0 Å². The Morgan fingerprint density at radius 3 is 1.50 bits per heavy atom. The molecule has 0 aliphatic rings. The second-order valence-corrected chi connectivity index (χ2v) is 8.29. The van der Waals surface area contributed by atoms with Crippen LogP contribution in [-0.4, -0.2) is 23.7 Å². The molecule has 0 heterocycles. The smallest absolute Gasteiger partial charge is 0.339 e. The number of esters is 1. The van der Waals surface area contributed by atoms with E-state index in [0.717, 1.165) is 12.8 Å². The molecule has 4 heteroatoms. The Bertz CT molecular complexity index is 582. The molecular weight excluding hydrogens is 376 g/mol. The molecule has 1 aromatic carbocycles. The van der Waals surface area contributed by atoms with Crippen LogP contribution in [0.3, 0.4) is 0 Å². The van der Waals surface area contributed by atoms with Gasteiger partial charge >= 0.3 is 11.9 Å². The van der Waals surface area contributed by atoms with Gasteiger partial charge in [-0.05, 0) is 18.6 Å². The van der Waals surface area contributed by atoms with Gasteiger partial charge in [0.2, 0.25) is 0 Å². The SMILES string of the molecule is CCCCCCCCCCCCCCCCCCOC(=O)c1ccccc1C(=O)O. The van der Waals surface area contributed by atoms with E-state index in [-0.39, 0.29) is 11.1 Å². The first kappa shape index (κ1) is 26.2. The van der Waals surface area contributed by atoms with Crippen molar-refractivity contribution in [3.63, 3.8) is 0 Å². The number of unbranched alkanes of at least 4 members (excludes halogenated alkanes) is 15. The maximum Gasteiger partial charge on any atom is 0.339 e. The summed E-state index contributed by atoms with van der Waals surface area (Å²) in [5.41, 5.74) is 0.121. The second-order valence-electron chi connectivity index (χ2n) is 8.29. The van der Waals surface area contributed by atoms with E-state index in [9.17, 15) is 9.59 Å². The summed E-state index contributed by atoms with van der Waals surface area (Å²) in [5.74, 6) is -1.65.